The third-order valence-corrected chi connectivity index (χ3v) is 8.15. The molecule has 1 atom stereocenters. The van der Waals surface area contributed by atoms with Crippen molar-refractivity contribution in [2.24, 2.45) is 0 Å². The first kappa shape index (κ1) is 22.7. The van der Waals surface area contributed by atoms with E-state index in [1.165, 1.54) is 13.2 Å². The molecule has 4 aromatic rings. The van der Waals surface area contributed by atoms with Crippen LogP contribution in [0.4, 0.5) is 15.8 Å². The molecule has 0 spiro atoms. The number of anilines is 2. The number of ether oxygens (including phenoxy) is 2. The summed E-state index contributed by atoms with van der Waals surface area (Å²) in [5.74, 6) is 0.626. The van der Waals surface area contributed by atoms with Gasteiger partial charge in [-0.3, -0.25) is 0 Å². The Morgan fingerprint density at radius 2 is 2.06 bits per heavy atom. The molecule has 0 saturated heterocycles. The van der Waals surface area contributed by atoms with Crippen LogP contribution in [-0.4, -0.2) is 27.0 Å². The number of hydrogen-bond donors (Lipinski definition) is 3. The summed E-state index contributed by atoms with van der Waals surface area (Å²) >= 11 is -0.830. The molecule has 3 aliphatic rings. The van der Waals surface area contributed by atoms with Crippen molar-refractivity contribution >= 4 is 17.3 Å². The minimum atomic E-state index is -0.830. The van der Waals surface area contributed by atoms with Crippen LogP contribution in [0, 0.1) is 5.82 Å². The number of halogens is 2. The molecule has 2 aromatic heterocycles. The Labute approximate surface area is 217 Å². The molecule has 3 N–H and O–H groups in total. The normalized spacial score (nSPS) is 16.4. The van der Waals surface area contributed by atoms with Crippen molar-refractivity contribution in [3.63, 3.8) is 0 Å². The molecule has 2 aromatic carbocycles. The number of aromatic amines is 1. The number of methoxy groups -OCH3 is 1. The summed E-state index contributed by atoms with van der Waals surface area (Å²) in [6.45, 7) is 0.331. The first-order valence-electron chi connectivity index (χ1n) is 11.2. The summed E-state index contributed by atoms with van der Waals surface area (Å²) in [6.07, 6.45) is 3.88. The summed E-state index contributed by atoms with van der Waals surface area (Å²) in [5, 5.41) is 6.35. The van der Waals surface area contributed by atoms with Gasteiger partial charge >= 0.3 is 217 Å². The van der Waals surface area contributed by atoms with Crippen molar-refractivity contribution < 1.29 is 43.3 Å². The van der Waals surface area contributed by atoms with E-state index in [1.807, 2.05) is 30.3 Å². The number of nitrogens with one attached hydrogen (secondary N) is 3. The van der Waals surface area contributed by atoms with Gasteiger partial charge < -0.3 is 0 Å². The molecule has 0 radical (unpaired) electrons. The Morgan fingerprint density at radius 3 is 2.89 bits per heavy atom. The zero-order valence-corrected chi connectivity index (χ0v) is 21.3. The number of aromatic nitrogens is 2. The number of carbonyl (C=O) groups is 1. The first-order chi connectivity index (χ1) is 17.6. The Balaban J connectivity index is 1.52. The zero-order chi connectivity index (χ0) is 24.6. The van der Waals surface area contributed by atoms with Crippen molar-refractivity contribution in [2.45, 2.75) is 17.1 Å². The summed E-state index contributed by atoms with van der Waals surface area (Å²) in [6, 6.07) is 14.2. The third kappa shape index (κ3) is 4.11. The molecule has 10 heteroatoms. The number of nitrogens with zero attached hydrogens (tertiary/aromatic N) is 1. The second-order valence-corrected chi connectivity index (χ2v) is 10.7. The van der Waals surface area contributed by atoms with E-state index >= 15 is 0 Å². The van der Waals surface area contributed by atoms with Gasteiger partial charge in [0, 0.05) is 0 Å². The molecule has 1 amide bonds. The van der Waals surface area contributed by atoms with Crippen LogP contribution < -0.4 is 44.8 Å². The van der Waals surface area contributed by atoms with Gasteiger partial charge in [-0.1, -0.05) is 0 Å². The number of fused-ring (bicyclic) bond motifs is 4. The molecular weight excluding hydrogens is 578 g/mol. The molecule has 0 saturated carbocycles. The predicted octanol–water partition coefficient (Wildman–Crippen LogP) is 1.56. The molecule has 1 unspecified atom stereocenters. The zero-order valence-electron chi connectivity index (χ0n) is 19.1. The standard InChI is InChI=1S/C26H21FIN4O4/c1-34-25-17(27)3-2-4-18(25)30-24-22-19-11-21(32-26(22)33)28-36-15-7-5-14(6-8-15)13-35-20-12-29-10-9-16(20)23(24)31-19/h2-10,12,21,30-31H,11,13H2,1H3,(H,32,33)/q-1. The minimum absolute atomic E-state index is 0.0585. The van der Waals surface area contributed by atoms with E-state index in [0.29, 0.717) is 41.4 Å². The SMILES string of the molecule is COc1c(F)cccc1Nc1c2[nH]c3c1C(=O)NC(C3)[I-]Oc1ccc(cc1)COc1cnccc1-2. The van der Waals surface area contributed by atoms with Gasteiger partial charge in [0.05, 0.1) is 0 Å². The molecule has 0 aliphatic carbocycles. The van der Waals surface area contributed by atoms with Crippen molar-refractivity contribution in [1.29, 1.82) is 0 Å². The van der Waals surface area contributed by atoms with E-state index in [0.717, 1.165) is 22.6 Å². The van der Waals surface area contributed by atoms with Crippen LogP contribution >= 0.6 is 0 Å². The van der Waals surface area contributed by atoms with Crippen LogP contribution in [0.2, 0.25) is 0 Å². The van der Waals surface area contributed by atoms with Gasteiger partial charge in [-0.05, 0) is 0 Å². The fourth-order valence-corrected chi connectivity index (χ4v) is 6.26. The van der Waals surface area contributed by atoms with Crippen molar-refractivity contribution in [2.75, 3.05) is 12.4 Å². The van der Waals surface area contributed by atoms with E-state index in [-0.39, 0.29) is 15.7 Å². The van der Waals surface area contributed by atoms with Gasteiger partial charge in [0.1, 0.15) is 0 Å². The fraction of sp³-hybridized carbons (Fsp3) is 0.154. The van der Waals surface area contributed by atoms with Crippen LogP contribution in [0.5, 0.6) is 17.2 Å². The Kier molecular flexibility index (Phi) is 5.88. The number of para-hydroxylation sites is 1. The van der Waals surface area contributed by atoms with Crippen LogP contribution in [0.1, 0.15) is 21.6 Å². The van der Waals surface area contributed by atoms with Crippen LogP contribution in [-0.2, 0) is 13.0 Å². The van der Waals surface area contributed by atoms with Gasteiger partial charge in [0.2, 0.25) is 0 Å². The predicted molar refractivity (Wildman–Crippen MR) is 127 cm³/mol. The molecular formula is C26H21FIN4O4-. The van der Waals surface area contributed by atoms with Crippen molar-refractivity contribution in [1.82, 2.24) is 15.3 Å². The molecule has 5 heterocycles. The van der Waals surface area contributed by atoms with Gasteiger partial charge in [-0.2, -0.15) is 0 Å². The van der Waals surface area contributed by atoms with Gasteiger partial charge in [-0.25, -0.2) is 0 Å². The van der Waals surface area contributed by atoms with Crippen LogP contribution in [0.3, 0.4) is 0 Å². The third-order valence-electron chi connectivity index (χ3n) is 6.02. The van der Waals surface area contributed by atoms with E-state index in [4.69, 9.17) is 12.5 Å². The molecule has 0 fully saturated rings. The summed E-state index contributed by atoms with van der Waals surface area (Å²) < 4.78 is 31.9. The maximum atomic E-state index is 14.5. The fourth-order valence-electron chi connectivity index (χ4n) is 4.34. The molecule has 3 aliphatic heterocycles. The van der Waals surface area contributed by atoms with Crippen LogP contribution in [0.25, 0.3) is 11.3 Å². The van der Waals surface area contributed by atoms with Gasteiger partial charge in [0.25, 0.3) is 0 Å². The number of H-pyrrole nitrogens is 1. The number of alkyl halides is 1. The number of hydrogen-bond acceptors (Lipinski definition) is 6. The average Bonchev–Trinajstić information content (AvgIpc) is 3.25. The van der Waals surface area contributed by atoms with Crippen molar-refractivity contribution in [3.05, 3.63) is 83.6 Å². The summed E-state index contributed by atoms with van der Waals surface area (Å²) in [4.78, 5) is 21.1. The molecule has 36 heavy (non-hydrogen) atoms. The molecule has 7 rings (SSSR count). The molecule has 8 nitrogen and oxygen atoms in total. The topological polar surface area (TPSA) is 97.5 Å². The second-order valence-electron chi connectivity index (χ2n) is 8.29. The Morgan fingerprint density at radius 1 is 1.19 bits per heavy atom. The number of carbonyl (C=O) groups excluding carboxylic acids is 1. The summed E-state index contributed by atoms with van der Waals surface area (Å²) in [5.41, 5.74) is 4.49. The first-order valence-corrected chi connectivity index (χ1v) is 13.3. The number of pyridine rings is 1. The Hall–Kier alpha value is -3.80. The average molecular weight is 599 g/mol. The second kappa shape index (κ2) is 9.34. The van der Waals surface area contributed by atoms with Crippen molar-refractivity contribution in [3.8, 4) is 28.5 Å². The van der Waals surface area contributed by atoms with Crippen LogP contribution in [0.15, 0.2) is 60.9 Å². The molecule has 184 valence electrons. The van der Waals surface area contributed by atoms with Gasteiger partial charge in [0.15, 0.2) is 0 Å². The quantitative estimate of drug-likeness (QED) is 0.188. The number of amides is 1. The van der Waals surface area contributed by atoms with E-state index < -0.39 is 27.4 Å². The van der Waals surface area contributed by atoms with Gasteiger partial charge in [-0.15, -0.1) is 0 Å². The van der Waals surface area contributed by atoms with E-state index in [1.54, 1.807) is 24.5 Å². The van der Waals surface area contributed by atoms with E-state index in [2.05, 4.69) is 20.6 Å². The molecule has 5 bridgehead atoms. The monoisotopic (exact) mass is 599 g/mol. The number of benzene rings is 2. The maximum absolute atomic E-state index is 14.5. The Bertz CT molecular complexity index is 1460. The van der Waals surface area contributed by atoms with E-state index in [9.17, 15) is 9.18 Å². The summed E-state index contributed by atoms with van der Waals surface area (Å²) in [7, 11) is 1.41. The number of rotatable bonds is 3.